The van der Waals surface area contributed by atoms with E-state index >= 15 is 0 Å². The van der Waals surface area contributed by atoms with Crippen molar-refractivity contribution in [3.8, 4) is 0 Å². The van der Waals surface area contributed by atoms with E-state index in [2.05, 4.69) is 0 Å². The van der Waals surface area contributed by atoms with Crippen LogP contribution in [0.25, 0.3) is 0 Å². The molecule has 0 unspecified atom stereocenters. The molecule has 0 atom stereocenters. The second-order valence-corrected chi connectivity index (χ2v) is 5.57. The topological polar surface area (TPSA) is 86.9 Å². The van der Waals surface area contributed by atoms with Crippen molar-refractivity contribution >= 4 is 12.0 Å². The lowest BCUT2D eigenvalue weighted by Gasteiger charge is -2.36. The lowest BCUT2D eigenvalue weighted by atomic mass is 10.1. The lowest BCUT2D eigenvalue weighted by molar-refractivity contribution is -0.138. The largest absolute Gasteiger partial charge is 0.480 e. The molecule has 0 aromatic rings. The van der Waals surface area contributed by atoms with Crippen molar-refractivity contribution < 1.29 is 14.7 Å². The van der Waals surface area contributed by atoms with Gasteiger partial charge in [-0.25, -0.2) is 4.79 Å². The van der Waals surface area contributed by atoms with Gasteiger partial charge in [0.25, 0.3) is 0 Å². The van der Waals surface area contributed by atoms with E-state index in [1.165, 1.54) is 0 Å². The van der Waals surface area contributed by atoms with Gasteiger partial charge < -0.3 is 20.6 Å². The molecule has 0 bridgehead atoms. The minimum Gasteiger partial charge on any atom is -0.480 e. The molecular formula is C13H23N3O3. The molecular weight excluding hydrogens is 246 g/mol. The first kappa shape index (κ1) is 14.1. The quantitative estimate of drug-likeness (QED) is 0.795. The smallest absolute Gasteiger partial charge is 0.323 e. The van der Waals surface area contributed by atoms with Crippen molar-refractivity contribution in [2.45, 2.75) is 50.6 Å². The standard InChI is InChI=1S/C13H23N3O3/c14-10-5-7-15(8-6-10)13(19)16(9-12(17)18)11-3-1-2-4-11/h10-11H,1-9,14H2,(H,17,18). The summed E-state index contributed by atoms with van der Waals surface area (Å²) in [6.07, 6.45) is 5.62. The van der Waals surface area contributed by atoms with Crippen LogP contribution < -0.4 is 5.73 Å². The Balaban J connectivity index is 2.00. The van der Waals surface area contributed by atoms with Crippen molar-refractivity contribution in [2.24, 2.45) is 5.73 Å². The molecule has 0 aromatic heterocycles. The maximum atomic E-state index is 12.5. The van der Waals surface area contributed by atoms with E-state index in [0.717, 1.165) is 38.5 Å². The summed E-state index contributed by atoms with van der Waals surface area (Å²) >= 11 is 0. The van der Waals surface area contributed by atoms with Crippen LogP contribution in [0.1, 0.15) is 38.5 Å². The average molecular weight is 269 g/mol. The molecule has 6 nitrogen and oxygen atoms in total. The summed E-state index contributed by atoms with van der Waals surface area (Å²) in [6, 6.07) is 0.142. The first-order chi connectivity index (χ1) is 9.08. The van der Waals surface area contributed by atoms with Gasteiger partial charge in [0.1, 0.15) is 6.54 Å². The summed E-state index contributed by atoms with van der Waals surface area (Å²) < 4.78 is 0. The van der Waals surface area contributed by atoms with Crippen LogP contribution in [0, 0.1) is 0 Å². The van der Waals surface area contributed by atoms with E-state index in [1.54, 1.807) is 9.80 Å². The molecule has 2 amide bonds. The number of carbonyl (C=O) groups is 2. The van der Waals surface area contributed by atoms with Gasteiger partial charge in [0.05, 0.1) is 0 Å². The molecule has 2 aliphatic rings. The molecule has 1 aliphatic heterocycles. The second kappa shape index (κ2) is 6.23. The molecule has 3 N–H and O–H groups in total. The van der Waals surface area contributed by atoms with E-state index in [1.807, 2.05) is 0 Å². The molecule has 0 radical (unpaired) electrons. The number of carbonyl (C=O) groups excluding carboxylic acids is 1. The van der Waals surface area contributed by atoms with Crippen molar-refractivity contribution in [3.63, 3.8) is 0 Å². The molecule has 0 spiro atoms. The number of piperidine rings is 1. The van der Waals surface area contributed by atoms with E-state index in [-0.39, 0.29) is 24.7 Å². The predicted octanol–water partition coefficient (Wildman–Crippen LogP) is 0.859. The Labute approximate surface area is 113 Å². The Morgan fingerprint density at radius 3 is 2.26 bits per heavy atom. The van der Waals surface area contributed by atoms with Gasteiger partial charge in [-0.05, 0) is 25.7 Å². The molecule has 108 valence electrons. The molecule has 19 heavy (non-hydrogen) atoms. The minimum absolute atomic E-state index is 0.0965. The fourth-order valence-corrected chi connectivity index (χ4v) is 2.99. The van der Waals surface area contributed by atoms with Gasteiger partial charge >= 0.3 is 12.0 Å². The molecule has 1 saturated heterocycles. The van der Waals surface area contributed by atoms with Crippen molar-refractivity contribution in [3.05, 3.63) is 0 Å². The summed E-state index contributed by atoms with van der Waals surface area (Å²) in [5, 5.41) is 9.00. The third-order valence-corrected chi connectivity index (χ3v) is 4.13. The highest BCUT2D eigenvalue weighted by molar-refractivity contribution is 5.80. The summed E-state index contributed by atoms with van der Waals surface area (Å²) in [6.45, 7) is 1.09. The van der Waals surface area contributed by atoms with Crippen LogP contribution in [-0.4, -0.2) is 58.6 Å². The third-order valence-electron chi connectivity index (χ3n) is 4.13. The maximum absolute atomic E-state index is 12.5. The van der Waals surface area contributed by atoms with Gasteiger partial charge in [-0.1, -0.05) is 12.8 Å². The van der Waals surface area contributed by atoms with E-state index in [0.29, 0.717) is 13.1 Å². The number of carboxylic acid groups (broad SMARTS) is 1. The van der Waals surface area contributed by atoms with Crippen LogP contribution in [0.5, 0.6) is 0 Å². The van der Waals surface area contributed by atoms with Crippen LogP contribution >= 0.6 is 0 Å². The zero-order valence-electron chi connectivity index (χ0n) is 11.3. The van der Waals surface area contributed by atoms with Crippen LogP contribution in [0.15, 0.2) is 0 Å². The SMILES string of the molecule is NC1CCN(C(=O)N(CC(=O)O)C2CCCC2)CC1. The Kier molecular flexibility index (Phi) is 4.63. The molecule has 6 heteroatoms. The second-order valence-electron chi connectivity index (χ2n) is 5.57. The van der Waals surface area contributed by atoms with Crippen molar-refractivity contribution in [2.75, 3.05) is 19.6 Å². The molecule has 2 fully saturated rings. The molecule has 1 aliphatic carbocycles. The average Bonchev–Trinajstić information content (AvgIpc) is 2.89. The van der Waals surface area contributed by atoms with Gasteiger partial charge in [0.15, 0.2) is 0 Å². The highest BCUT2D eigenvalue weighted by atomic mass is 16.4. The zero-order chi connectivity index (χ0) is 13.8. The first-order valence-corrected chi connectivity index (χ1v) is 7.11. The van der Waals surface area contributed by atoms with Gasteiger partial charge in [-0.15, -0.1) is 0 Å². The molecule has 0 aromatic carbocycles. The van der Waals surface area contributed by atoms with Gasteiger partial charge in [-0.3, -0.25) is 4.79 Å². The maximum Gasteiger partial charge on any atom is 0.323 e. The number of hydrogen-bond acceptors (Lipinski definition) is 3. The number of nitrogens with two attached hydrogens (primary N) is 1. The Bertz CT molecular complexity index is 334. The third kappa shape index (κ3) is 3.59. The number of carboxylic acids is 1. The summed E-state index contributed by atoms with van der Waals surface area (Å²) in [4.78, 5) is 26.8. The summed E-state index contributed by atoms with van der Waals surface area (Å²) in [5.41, 5.74) is 5.83. The minimum atomic E-state index is -0.936. The monoisotopic (exact) mass is 269 g/mol. The van der Waals surface area contributed by atoms with Gasteiger partial charge in [0, 0.05) is 25.2 Å². The highest BCUT2D eigenvalue weighted by Crippen LogP contribution is 2.25. The zero-order valence-corrected chi connectivity index (χ0v) is 11.3. The number of likely N-dealkylation sites (tertiary alicyclic amines) is 1. The number of urea groups is 1. The van der Waals surface area contributed by atoms with Gasteiger partial charge in [-0.2, -0.15) is 0 Å². The number of hydrogen-bond donors (Lipinski definition) is 2. The molecule has 1 heterocycles. The van der Waals surface area contributed by atoms with Crippen molar-refractivity contribution in [1.29, 1.82) is 0 Å². The Morgan fingerprint density at radius 2 is 1.74 bits per heavy atom. The van der Waals surface area contributed by atoms with Crippen molar-refractivity contribution in [1.82, 2.24) is 9.80 Å². The van der Waals surface area contributed by atoms with Crippen LogP contribution in [-0.2, 0) is 4.79 Å². The number of amides is 2. The number of rotatable bonds is 3. The fourth-order valence-electron chi connectivity index (χ4n) is 2.99. The van der Waals surface area contributed by atoms with E-state index < -0.39 is 5.97 Å². The first-order valence-electron chi connectivity index (χ1n) is 7.11. The summed E-state index contributed by atoms with van der Waals surface area (Å²) in [7, 11) is 0. The van der Waals surface area contributed by atoms with Crippen LogP contribution in [0.2, 0.25) is 0 Å². The molecule has 1 saturated carbocycles. The normalized spacial score (nSPS) is 21.6. The Morgan fingerprint density at radius 1 is 1.16 bits per heavy atom. The number of aliphatic carboxylic acids is 1. The fraction of sp³-hybridized carbons (Fsp3) is 0.846. The van der Waals surface area contributed by atoms with E-state index in [4.69, 9.17) is 10.8 Å². The number of nitrogens with zero attached hydrogens (tertiary/aromatic N) is 2. The lowest BCUT2D eigenvalue weighted by Crippen LogP contribution is -2.52. The Hall–Kier alpha value is -1.30. The van der Waals surface area contributed by atoms with Gasteiger partial charge in [0.2, 0.25) is 0 Å². The van der Waals surface area contributed by atoms with Crippen LogP contribution in [0.3, 0.4) is 0 Å². The van der Waals surface area contributed by atoms with Crippen LogP contribution in [0.4, 0.5) is 4.79 Å². The van der Waals surface area contributed by atoms with E-state index in [9.17, 15) is 9.59 Å². The summed E-state index contributed by atoms with van der Waals surface area (Å²) in [5.74, 6) is -0.936. The highest BCUT2D eigenvalue weighted by Gasteiger charge is 2.32. The molecule has 2 rings (SSSR count). The predicted molar refractivity (Wildman–Crippen MR) is 70.8 cm³/mol.